The quantitative estimate of drug-likeness (QED) is 0.122. The van der Waals surface area contributed by atoms with Crippen LogP contribution in [0.3, 0.4) is 0 Å². The van der Waals surface area contributed by atoms with Gasteiger partial charge in [-0.15, -0.1) is 0 Å². The standard InChI is InChI=1S/C59H59N.C2H6/c1-10-14-17-19-42(6)46(21-16-12-3)30-26-44-27-33-50(34-28-44)60(49-23-18-22-47(31-35-49)45(13-4)20-15-11-2)51-32-25-43(7)57-56(40-51)59(8,9)55-37-36-52-53-38-41(5)24-29-48(53)39-54(52)58(55)57;1-2/h10-17,19-25,27-38,40,57H,1,3-4,18,26,39H2,2,5-9H3;1-2H3/b15-11-,17-14-,21-16-,42-19+,45-20+,46-30+;. The van der Waals surface area contributed by atoms with Crippen molar-refractivity contribution in [2.75, 3.05) is 4.90 Å². The van der Waals surface area contributed by atoms with Gasteiger partial charge in [0.05, 0.1) is 0 Å². The van der Waals surface area contributed by atoms with Gasteiger partial charge in [-0.3, -0.25) is 0 Å². The Morgan fingerprint density at radius 1 is 0.823 bits per heavy atom. The fraction of sp³-hybridized carbons (Fsp3) is 0.213. The van der Waals surface area contributed by atoms with E-state index in [1.54, 1.807) is 6.08 Å². The van der Waals surface area contributed by atoms with E-state index in [-0.39, 0.29) is 11.3 Å². The van der Waals surface area contributed by atoms with E-state index in [1.165, 1.54) is 72.4 Å². The zero-order chi connectivity index (χ0) is 44.4. The molecular weight excluding hydrogens is 747 g/mol. The van der Waals surface area contributed by atoms with E-state index in [0.717, 1.165) is 41.9 Å². The van der Waals surface area contributed by atoms with Gasteiger partial charge in [-0.25, -0.2) is 0 Å². The van der Waals surface area contributed by atoms with Crippen LogP contribution in [0.4, 0.5) is 5.69 Å². The maximum absolute atomic E-state index is 4.14. The number of fused-ring (bicyclic) bond motifs is 7. The maximum Gasteiger partial charge on any atom is 0.0461 e. The molecule has 62 heavy (non-hydrogen) atoms. The number of hydrogen-bond acceptors (Lipinski definition) is 1. The molecule has 7 rings (SSSR count). The molecule has 0 aromatic heterocycles. The van der Waals surface area contributed by atoms with Crippen LogP contribution in [-0.2, 0) is 18.3 Å². The second-order valence-corrected chi connectivity index (χ2v) is 16.7. The molecule has 0 saturated carbocycles. The molecule has 1 unspecified atom stereocenters. The van der Waals surface area contributed by atoms with E-state index in [1.807, 2.05) is 51.2 Å². The van der Waals surface area contributed by atoms with Gasteiger partial charge in [0, 0.05) is 28.4 Å². The fourth-order valence-electron chi connectivity index (χ4n) is 9.18. The van der Waals surface area contributed by atoms with Gasteiger partial charge in [0.1, 0.15) is 0 Å². The lowest BCUT2D eigenvalue weighted by Gasteiger charge is -2.30. The van der Waals surface area contributed by atoms with E-state index in [9.17, 15) is 0 Å². The summed E-state index contributed by atoms with van der Waals surface area (Å²) in [6.45, 7) is 29.4. The van der Waals surface area contributed by atoms with Crippen molar-refractivity contribution in [2.24, 2.45) is 0 Å². The first-order valence-electron chi connectivity index (χ1n) is 22.3. The van der Waals surface area contributed by atoms with Crippen LogP contribution in [0.25, 0.3) is 11.1 Å². The summed E-state index contributed by atoms with van der Waals surface area (Å²) in [6.07, 6.45) is 43.4. The first kappa shape index (κ1) is 45.1. The van der Waals surface area contributed by atoms with E-state index >= 15 is 0 Å². The molecule has 4 aliphatic carbocycles. The number of anilines is 1. The van der Waals surface area contributed by atoms with Crippen molar-refractivity contribution in [2.45, 2.75) is 86.0 Å². The minimum absolute atomic E-state index is 0.148. The average Bonchev–Trinajstić information content (AvgIpc) is 3.52. The fourth-order valence-corrected chi connectivity index (χ4v) is 9.18. The summed E-state index contributed by atoms with van der Waals surface area (Å²) in [6, 6.07) is 20.9. The van der Waals surface area contributed by atoms with Crippen LogP contribution in [-0.4, -0.2) is 0 Å². The molecule has 3 aromatic carbocycles. The zero-order valence-electron chi connectivity index (χ0n) is 38.4. The highest BCUT2D eigenvalue weighted by Gasteiger charge is 2.45. The number of allylic oxidation sites excluding steroid dienone is 25. The molecule has 1 heteroatoms. The van der Waals surface area contributed by atoms with E-state index in [4.69, 9.17) is 0 Å². The number of nitrogens with zero attached hydrogens (tertiary/aromatic N) is 1. The van der Waals surface area contributed by atoms with Crippen molar-refractivity contribution < 1.29 is 0 Å². The summed E-state index contributed by atoms with van der Waals surface area (Å²) < 4.78 is 0. The second kappa shape index (κ2) is 20.4. The van der Waals surface area contributed by atoms with Gasteiger partial charge in [-0.05, 0) is 144 Å². The van der Waals surface area contributed by atoms with Crippen LogP contribution in [0.15, 0.2) is 235 Å². The number of benzene rings is 3. The largest absolute Gasteiger partial charge is 0.311 e. The van der Waals surface area contributed by atoms with Crippen molar-refractivity contribution in [3.05, 3.63) is 268 Å². The van der Waals surface area contributed by atoms with Crippen molar-refractivity contribution >= 4 is 5.69 Å². The Kier molecular flexibility index (Phi) is 14.8. The van der Waals surface area contributed by atoms with Gasteiger partial charge in [0.15, 0.2) is 0 Å². The van der Waals surface area contributed by atoms with Crippen molar-refractivity contribution in [1.29, 1.82) is 0 Å². The Labute approximate surface area is 374 Å². The average molecular weight is 812 g/mol. The summed E-state index contributed by atoms with van der Waals surface area (Å²) >= 11 is 0. The van der Waals surface area contributed by atoms with Crippen LogP contribution in [0.2, 0.25) is 0 Å². The lowest BCUT2D eigenvalue weighted by molar-refractivity contribution is 0.629. The van der Waals surface area contributed by atoms with E-state index in [0.29, 0.717) is 0 Å². The third-order valence-corrected chi connectivity index (χ3v) is 12.4. The van der Waals surface area contributed by atoms with Crippen LogP contribution in [0.5, 0.6) is 0 Å². The van der Waals surface area contributed by atoms with Gasteiger partial charge in [0.2, 0.25) is 0 Å². The number of rotatable bonds is 13. The molecule has 0 fully saturated rings. The summed E-state index contributed by atoms with van der Waals surface area (Å²) in [4.78, 5) is 2.45. The molecule has 0 aliphatic heterocycles. The summed E-state index contributed by atoms with van der Waals surface area (Å²) in [5, 5.41) is 0. The molecule has 0 radical (unpaired) electrons. The Morgan fingerprint density at radius 2 is 1.60 bits per heavy atom. The van der Waals surface area contributed by atoms with Gasteiger partial charge in [0.25, 0.3) is 0 Å². The molecular formula is C61H65N. The molecule has 0 amide bonds. The smallest absolute Gasteiger partial charge is 0.0461 e. The van der Waals surface area contributed by atoms with Crippen LogP contribution in [0, 0.1) is 6.92 Å². The minimum atomic E-state index is -0.148. The highest BCUT2D eigenvalue weighted by atomic mass is 15.2. The Balaban J connectivity index is 0.00000316. The Morgan fingerprint density at radius 3 is 2.32 bits per heavy atom. The predicted molar refractivity (Wildman–Crippen MR) is 273 cm³/mol. The van der Waals surface area contributed by atoms with Crippen molar-refractivity contribution in [3.8, 4) is 11.1 Å². The molecule has 3 aromatic rings. The molecule has 0 N–H and O–H groups in total. The van der Waals surface area contributed by atoms with Crippen LogP contribution in [0.1, 0.15) is 94.2 Å². The molecule has 1 nitrogen and oxygen atoms in total. The number of hydrogen-bond donors (Lipinski definition) is 0. The third-order valence-electron chi connectivity index (χ3n) is 12.4. The zero-order valence-corrected chi connectivity index (χ0v) is 38.4. The van der Waals surface area contributed by atoms with Gasteiger partial charge in [-0.1, -0.05) is 198 Å². The highest BCUT2D eigenvalue weighted by Crippen LogP contribution is 2.58. The lowest BCUT2D eigenvalue weighted by atomic mass is 9.79. The first-order valence-corrected chi connectivity index (χ1v) is 22.3. The van der Waals surface area contributed by atoms with Gasteiger partial charge in [-0.2, -0.15) is 0 Å². The molecule has 0 saturated heterocycles. The lowest BCUT2D eigenvalue weighted by Crippen LogP contribution is -2.22. The Bertz CT molecular complexity index is 2600. The minimum Gasteiger partial charge on any atom is -0.311 e. The normalized spacial score (nSPS) is 18.0. The van der Waals surface area contributed by atoms with E-state index < -0.39 is 0 Å². The molecule has 0 bridgehead atoms. The van der Waals surface area contributed by atoms with Crippen LogP contribution < -0.4 is 4.90 Å². The molecule has 314 valence electrons. The van der Waals surface area contributed by atoms with Crippen molar-refractivity contribution in [3.63, 3.8) is 0 Å². The van der Waals surface area contributed by atoms with Gasteiger partial charge < -0.3 is 4.90 Å². The van der Waals surface area contributed by atoms with Crippen LogP contribution >= 0.6 is 0 Å². The summed E-state index contributed by atoms with van der Waals surface area (Å²) in [7, 11) is 0. The summed E-state index contributed by atoms with van der Waals surface area (Å²) in [5.41, 5.74) is 22.0. The molecule has 1 atom stereocenters. The second-order valence-electron chi connectivity index (χ2n) is 16.7. The molecule has 4 aliphatic rings. The highest BCUT2D eigenvalue weighted by molar-refractivity contribution is 5.82. The summed E-state index contributed by atoms with van der Waals surface area (Å²) in [5.74, 6) is 0.220. The monoisotopic (exact) mass is 812 g/mol. The predicted octanol–water partition coefficient (Wildman–Crippen LogP) is 16.6. The maximum atomic E-state index is 4.14. The molecule has 0 spiro atoms. The third kappa shape index (κ3) is 9.39. The van der Waals surface area contributed by atoms with Gasteiger partial charge >= 0.3 is 0 Å². The topological polar surface area (TPSA) is 3.24 Å². The SMILES string of the molecule is C=C\C=C/C=C(C)/C(/C=C\C=C)=C/Cc1ccc(N(C2=CC=C(C)C3C(=C2)C(C)(C)c2ccc4c(c23)Cc2ccc(C)cc2-4)C2=CCC=C(/C(C=C)=C/C=C\C)C=C2)cc1.CC. The van der Waals surface area contributed by atoms with Crippen molar-refractivity contribution in [1.82, 2.24) is 0 Å². The number of aryl methyl sites for hydroxylation is 1. The molecule has 0 heterocycles. The Hall–Kier alpha value is -6.44. The first-order chi connectivity index (χ1) is 30.1. The van der Waals surface area contributed by atoms with E-state index in [2.05, 4.69) is 193 Å².